The van der Waals surface area contributed by atoms with Crippen molar-refractivity contribution >= 4 is 22.9 Å². The van der Waals surface area contributed by atoms with E-state index >= 15 is 0 Å². The number of imidazole rings is 1. The summed E-state index contributed by atoms with van der Waals surface area (Å²) >= 11 is 0. The molecule has 0 bridgehead atoms. The summed E-state index contributed by atoms with van der Waals surface area (Å²) in [5, 5.41) is 0. The minimum absolute atomic E-state index is 0.0968. The number of aromatic nitrogens is 2. The molecule has 0 aliphatic heterocycles. The minimum atomic E-state index is -0.273. The van der Waals surface area contributed by atoms with Crippen molar-refractivity contribution in [1.29, 1.82) is 0 Å². The largest absolute Gasteiger partial charge is 0.323 e. The van der Waals surface area contributed by atoms with Crippen molar-refractivity contribution in [2.75, 3.05) is 0 Å². The molecule has 0 aliphatic carbocycles. The quantitative estimate of drug-likeness (QED) is 0.571. The third kappa shape index (κ3) is 2.84. The molecule has 3 aromatic rings. The zero-order valence-corrected chi connectivity index (χ0v) is 11.5. The lowest BCUT2D eigenvalue weighted by Gasteiger charge is -1.97. The van der Waals surface area contributed by atoms with Gasteiger partial charge in [0.05, 0.1) is 11.0 Å². The lowest BCUT2D eigenvalue weighted by molar-refractivity contribution is 0.104. The van der Waals surface area contributed by atoms with Crippen molar-refractivity contribution in [3.63, 3.8) is 0 Å². The van der Waals surface area contributed by atoms with Gasteiger partial charge in [0, 0.05) is 5.56 Å². The summed E-state index contributed by atoms with van der Waals surface area (Å²) in [5.41, 5.74) is 3.73. The van der Waals surface area contributed by atoms with Crippen LogP contribution in [0, 0.1) is 6.92 Å². The summed E-state index contributed by atoms with van der Waals surface area (Å²) in [7, 11) is 0. The van der Waals surface area contributed by atoms with Crippen LogP contribution in [0.1, 0.15) is 21.5 Å². The molecule has 21 heavy (non-hydrogen) atoms. The number of nitrogens with one attached hydrogen (secondary N) is 2. The van der Waals surface area contributed by atoms with Crippen LogP contribution in [0.25, 0.3) is 17.1 Å². The van der Waals surface area contributed by atoms with Gasteiger partial charge in [-0.25, -0.2) is 4.79 Å². The van der Waals surface area contributed by atoms with Gasteiger partial charge >= 0.3 is 5.69 Å². The molecule has 0 saturated heterocycles. The van der Waals surface area contributed by atoms with Crippen LogP contribution >= 0.6 is 0 Å². The number of aromatic amines is 2. The first kappa shape index (κ1) is 13.1. The van der Waals surface area contributed by atoms with E-state index in [0.717, 1.165) is 11.1 Å². The topological polar surface area (TPSA) is 65.7 Å². The van der Waals surface area contributed by atoms with Gasteiger partial charge < -0.3 is 9.97 Å². The highest BCUT2D eigenvalue weighted by Gasteiger charge is 2.05. The van der Waals surface area contributed by atoms with E-state index in [1.807, 2.05) is 31.2 Å². The Kier molecular flexibility index (Phi) is 3.28. The van der Waals surface area contributed by atoms with Gasteiger partial charge in [0.25, 0.3) is 0 Å². The first-order valence-electron chi connectivity index (χ1n) is 6.63. The molecular formula is C17H14N2O2. The van der Waals surface area contributed by atoms with Gasteiger partial charge in [-0.15, -0.1) is 0 Å². The average molecular weight is 278 g/mol. The number of aryl methyl sites for hydroxylation is 1. The molecule has 1 heterocycles. The SMILES string of the molecule is Cc1cccc(C=CC(=O)c2ccc3[nH]c(=O)[nH]c3c2)c1. The van der Waals surface area contributed by atoms with Crippen molar-refractivity contribution in [3.05, 3.63) is 75.7 Å². The van der Waals surface area contributed by atoms with E-state index in [-0.39, 0.29) is 11.5 Å². The van der Waals surface area contributed by atoms with Gasteiger partial charge in [-0.05, 0) is 36.8 Å². The van der Waals surface area contributed by atoms with Crippen LogP contribution < -0.4 is 5.69 Å². The van der Waals surface area contributed by atoms with Gasteiger partial charge in [0.15, 0.2) is 5.78 Å². The Labute approximate surface area is 121 Å². The highest BCUT2D eigenvalue weighted by Crippen LogP contribution is 2.12. The summed E-state index contributed by atoms with van der Waals surface area (Å²) < 4.78 is 0. The molecule has 2 aromatic carbocycles. The minimum Gasteiger partial charge on any atom is -0.306 e. The Bertz CT molecular complexity index is 900. The second kappa shape index (κ2) is 5.25. The fourth-order valence-electron chi connectivity index (χ4n) is 2.23. The smallest absolute Gasteiger partial charge is 0.306 e. The molecule has 104 valence electrons. The molecule has 0 unspecified atom stereocenters. The number of carbonyl (C=O) groups is 1. The van der Waals surface area contributed by atoms with E-state index in [1.165, 1.54) is 0 Å². The van der Waals surface area contributed by atoms with Crippen molar-refractivity contribution in [3.8, 4) is 0 Å². The number of H-pyrrole nitrogens is 2. The van der Waals surface area contributed by atoms with Crippen LogP contribution in [0.4, 0.5) is 0 Å². The fraction of sp³-hybridized carbons (Fsp3) is 0.0588. The normalized spacial score (nSPS) is 11.3. The zero-order chi connectivity index (χ0) is 14.8. The number of rotatable bonds is 3. The molecule has 0 spiro atoms. The maximum atomic E-state index is 12.2. The molecule has 0 saturated carbocycles. The fourth-order valence-corrected chi connectivity index (χ4v) is 2.23. The monoisotopic (exact) mass is 278 g/mol. The summed E-state index contributed by atoms with van der Waals surface area (Å²) in [6.07, 6.45) is 3.33. The van der Waals surface area contributed by atoms with Gasteiger partial charge in [-0.1, -0.05) is 35.9 Å². The number of fused-ring (bicyclic) bond motifs is 1. The molecule has 4 nitrogen and oxygen atoms in total. The molecule has 4 heteroatoms. The molecule has 0 fully saturated rings. The number of hydrogen-bond acceptors (Lipinski definition) is 2. The lowest BCUT2D eigenvalue weighted by Crippen LogP contribution is -1.99. The van der Waals surface area contributed by atoms with Crippen LogP contribution in [0.2, 0.25) is 0 Å². The molecular weight excluding hydrogens is 264 g/mol. The number of carbonyl (C=O) groups excluding carboxylic acids is 1. The molecule has 0 amide bonds. The van der Waals surface area contributed by atoms with Gasteiger partial charge in [-0.3, -0.25) is 4.79 Å². The van der Waals surface area contributed by atoms with Crippen LogP contribution in [0.5, 0.6) is 0 Å². The standard InChI is InChI=1S/C17H14N2O2/c1-11-3-2-4-12(9-11)5-8-16(20)13-6-7-14-15(10-13)19-17(21)18-14/h2-10H,1H3,(H2,18,19,21). The number of hydrogen-bond donors (Lipinski definition) is 2. The Balaban J connectivity index is 1.88. The molecule has 1 aromatic heterocycles. The summed E-state index contributed by atoms with van der Waals surface area (Å²) in [6.45, 7) is 2.01. The first-order chi connectivity index (χ1) is 10.1. The number of allylic oxidation sites excluding steroid dienone is 1. The predicted molar refractivity (Wildman–Crippen MR) is 83.5 cm³/mol. The van der Waals surface area contributed by atoms with Crippen molar-refractivity contribution in [2.45, 2.75) is 6.92 Å². The summed E-state index contributed by atoms with van der Waals surface area (Å²) in [5.74, 6) is -0.0968. The average Bonchev–Trinajstić information content (AvgIpc) is 2.84. The summed E-state index contributed by atoms with van der Waals surface area (Å²) in [4.78, 5) is 28.7. The van der Waals surface area contributed by atoms with Crippen molar-refractivity contribution in [1.82, 2.24) is 9.97 Å². The zero-order valence-electron chi connectivity index (χ0n) is 11.5. The molecule has 0 aliphatic rings. The van der Waals surface area contributed by atoms with Gasteiger partial charge in [-0.2, -0.15) is 0 Å². The number of ketones is 1. The molecule has 2 N–H and O–H groups in total. The summed E-state index contributed by atoms with van der Waals surface area (Å²) in [6, 6.07) is 13.0. The second-order valence-corrected chi connectivity index (χ2v) is 4.95. The van der Waals surface area contributed by atoms with E-state index in [4.69, 9.17) is 0 Å². The number of benzene rings is 2. The second-order valence-electron chi connectivity index (χ2n) is 4.95. The Morgan fingerprint density at radius 1 is 1.05 bits per heavy atom. The van der Waals surface area contributed by atoms with E-state index in [9.17, 15) is 9.59 Å². The highest BCUT2D eigenvalue weighted by atomic mass is 16.1. The van der Waals surface area contributed by atoms with Crippen molar-refractivity contribution in [2.24, 2.45) is 0 Å². The molecule has 0 radical (unpaired) electrons. The Morgan fingerprint density at radius 3 is 2.67 bits per heavy atom. The highest BCUT2D eigenvalue weighted by molar-refractivity contribution is 6.08. The Hall–Kier alpha value is -2.88. The van der Waals surface area contributed by atoms with Crippen LogP contribution in [0.15, 0.2) is 53.3 Å². The van der Waals surface area contributed by atoms with E-state index < -0.39 is 0 Å². The maximum absolute atomic E-state index is 12.2. The molecule has 3 rings (SSSR count). The van der Waals surface area contributed by atoms with Crippen LogP contribution in [-0.2, 0) is 0 Å². The van der Waals surface area contributed by atoms with E-state index in [0.29, 0.717) is 16.6 Å². The lowest BCUT2D eigenvalue weighted by atomic mass is 10.1. The van der Waals surface area contributed by atoms with E-state index in [1.54, 1.807) is 30.4 Å². The Morgan fingerprint density at radius 2 is 1.86 bits per heavy atom. The van der Waals surface area contributed by atoms with Crippen LogP contribution in [0.3, 0.4) is 0 Å². The maximum Gasteiger partial charge on any atom is 0.323 e. The van der Waals surface area contributed by atoms with E-state index in [2.05, 4.69) is 9.97 Å². The molecule has 0 atom stereocenters. The van der Waals surface area contributed by atoms with Crippen molar-refractivity contribution < 1.29 is 4.79 Å². The third-order valence-electron chi connectivity index (χ3n) is 3.27. The van der Waals surface area contributed by atoms with Gasteiger partial charge in [0.2, 0.25) is 0 Å². The first-order valence-corrected chi connectivity index (χ1v) is 6.63. The third-order valence-corrected chi connectivity index (χ3v) is 3.27. The predicted octanol–water partition coefficient (Wildman–Crippen LogP) is 3.06. The van der Waals surface area contributed by atoms with Crippen LogP contribution in [-0.4, -0.2) is 15.8 Å². The van der Waals surface area contributed by atoms with Gasteiger partial charge in [0.1, 0.15) is 0 Å².